The first-order chi connectivity index (χ1) is 29.0. The number of hydrogen-bond donors (Lipinski definition) is 2. The van der Waals surface area contributed by atoms with Crippen molar-refractivity contribution >= 4 is 104 Å². The highest BCUT2D eigenvalue weighted by atomic mass is 35.5. The van der Waals surface area contributed by atoms with Gasteiger partial charge in [0.2, 0.25) is 0 Å². The zero-order valence-electron chi connectivity index (χ0n) is 32.1. The maximum Gasteiger partial charge on any atom is 0.263 e. The van der Waals surface area contributed by atoms with Crippen LogP contribution in [0.15, 0.2) is 130 Å². The van der Waals surface area contributed by atoms with Crippen LogP contribution in [0.4, 0.5) is 27.3 Å². The largest absolute Gasteiger partial charge is 0.369 e. The molecule has 18 heteroatoms. The van der Waals surface area contributed by atoms with Gasteiger partial charge in [-0.3, -0.25) is 9.44 Å². The Morgan fingerprint density at radius 3 is 1.77 bits per heavy atom. The number of rotatable bonds is 10. The van der Waals surface area contributed by atoms with Crippen molar-refractivity contribution < 1.29 is 16.8 Å². The van der Waals surface area contributed by atoms with E-state index in [1.165, 1.54) is 39.4 Å². The van der Waals surface area contributed by atoms with Gasteiger partial charge in [0.25, 0.3) is 20.0 Å². The number of halogens is 2. The lowest BCUT2D eigenvalue weighted by atomic mass is 10.1. The normalized spacial score (nSPS) is 17.8. The number of aromatic nitrogens is 3. The van der Waals surface area contributed by atoms with E-state index >= 15 is 0 Å². The summed E-state index contributed by atoms with van der Waals surface area (Å²) in [5.41, 5.74) is 5.86. The number of fused-ring (bicyclic) bond motifs is 2. The summed E-state index contributed by atoms with van der Waals surface area (Å²) in [5.74, 6) is 0. The van der Waals surface area contributed by atoms with Crippen molar-refractivity contribution in [2.45, 2.75) is 41.1 Å². The van der Waals surface area contributed by atoms with Gasteiger partial charge in [0.05, 0.1) is 15.8 Å². The second-order valence-electron chi connectivity index (χ2n) is 14.8. The molecule has 0 unspecified atom stereocenters. The Balaban J connectivity index is 0.000000154. The molecule has 6 heterocycles. The van der Waals surface area contributed by atoms with E-state index in [1.807, 2.05) is 42.5 Å². The van der Waals surface area contributed by atoms with Crippen LogP contribution < -0.4 is 24.1 Å². The third kappa shape index (κ3) is 8.67. The maximum absolute atomic E-state index is 12.5. The average molecular weight is 920 g/mol. The van der Waals surface area contributed by atoms with Crippen molar-refractivity contribution in [1.82, 2.24) is 14.5 Å². The van der Waals surface area contributed by atoms with Crippen molar-refractivity contribution in [3.63, 3.8) is 0 Å². The van der Waals surface area contributed by atoms with E-state index in [9.17, 15) is 16.8 Å². The second kappa shape index (κ2) is 16.9. The van der Waals surface area contributed by atoms with Crippen LogP contribution in [-0.4, -0.2) is 70.1 Å². The zero-order chi connectivity index (χ0) is 41.4. The van der Waals surface area contributed by atoms with Gasteiger partial charge in [-0.05, 0) is 116 Å². The molecular weight excluding hydrogens is 880 g/mol. The van der Waals surface area contributed by atoms with Crippen LogP contribution in [0.2, 0.25) is 10.0 Å². The van der Waals surface area contributed by atoms with Crippen molar-refractivity contribution in [2.24, 2.45) is 0 Å². The molecule has 10 rings (SSSR count). The van der Waals surface area contributed by atoms with E-state index in [2.05, 4.69) is 69.1 Å². The molecule has 0 aliphatic carbocycles. The third-order valence-corrected chi connectivity index (χ3v) is 16.0. The number of benzene rings is 4. The minimum absolute atomic E-state index is 0.227. The van der Waals surface area contributed by atoms with Gasteiger partial charge < -0.3 is 19.3 Å². The molecule has 2 atom stereocenters. The lowest BCUT2D eigenvalue weighted by molar-refractivity contribution is 0.571. The lowest BCUT2D eigenvalue weighted by Crippen LogP contribution is -2.36. The summed E-state index contributed by atoms with van der Waals surface area (Å²) in [7, 11) is -7.26. The van der Waals surface area contributed by atoms with Gasteiger partial charge >= 0.3 is 0 Å². The van der Waals surface area contributed by atoms with Crippen molar-refractivity contribution in [2.75, 3.05) is 56.9 Å². The van der Waals surface area contributed by atoms with Crippen molar-refractivity contribution in [3.05, 3.63) is 136 Å². The van der Waals surface area contributed by atoms with Gasteiger partial charge in [-0.15, -0.1) is 22.7 Å². The number of nitrogens with zero attached hydrogens (tertiary/aromatic N) is 6. The molecule has 2 N–H and O–H groups in total. The number of anilines is 5. The Kier molecular flexibility index (Phi) is 11.4. The Bertz CT molecular complexity index is 2820. The Hall–Kier alpha value is -4.84. The van der Waals surface area contributed by atoms with Crippen LogP contribution in [0, 0.1) is 0 Å². The van der Waals surface area contributed by atoms with Gasteiger partial charge in [0.1, 0.15) is 0 Å². The predicted molar refractivity (Wildman–Crippen MR) is 245 cm³/mol. The van der Waals surface area contributed by atoms with Crippen LogP contribution in [-0.2, 0) is 26.5 Å². The molecule has 0 saturated carbocycles. The lowest BCUT2D eigenvalue weighted by Gasteiger charge is -2.27. The fourth-order valence-electron chi connectivity index (χ4n) is 8.23. The molecule has 60 heavy (non-hydrogen) atoms. The number of thiazole rings is 2. The molecular formula is C42H40Cl2N8O4S4. The molecule has 12 nitrogen and oxygen atoms in total. The quantitative estimate of drug-likeness (QED) is 0.138. The zero-order valence-corrected chi connectivity index (χ0v) is 36.8. The maximum atomic E-state index is 12.5. The third-order valence-electron chi connectivity index (χ3n) is 11.1. The summed E-state index contributed by atoms with van der Waals surface area (Å²) >= 11 is 14.8. The number of hydrogen-bond acceptors (Lipinski definition) is 11. The molecule has 3 aliphatic rings. The highest BCUT2D eigenvalue weighted by molar-refractivity contribution is 7.93. The highest BCUT2D eigenvalue weighted by Gasteiger charge is 2.32. The number of nitrogens with one attached hydrogen (secondary N) is 2. The van der Waals surface area contributed by atoms with Crippen molar-refractivity contribution in [1.29, 1.82) is 0 Å². The van der Waals surface area contributed by atoms with E-state index in [1.54, 1.807) is 47.4 Å². The Morgan fingerprint density at radius 2 is 1.18 bits per heavy atom. The molecule has 0 amide bonds. The van der Waals surface area contributed by atoms with Gasteiger partial charge in [-0.2, -0.15) is 0 Å². The van der Waals surface area contributed by atoms with Gasteiger partial charge in [-0.1, -0.05) is 23.2 Å². The first-order valence-electron chi connectivity index (χ1n) is 19.3. The van der Waals surface area contributed by atoms with Gasteiger partial charge in [0.15, 0.2) is 10.3 Å². The molecule has 3 aliphatic heterocycles. The Labute approximate surface area is 367 Å². The van der Waals surface area contributed by atoms with E-state index in [0.29, 0.717) is 22.3 Å². The molecule has 2 fully saturated rings. The van der Waals surface area contributed by atoms with Crippen LogP contribution in [0.5, 0.6) is 0 Å². The molecule has 2 saturated heterocycles. The van der Waals surface area contributed by atoms with Crippen LogP contribution in [0.3, 0.4) is 0 Å². The summed E-state index contributed by atoms with van der Waals surface area (Å²) in [6, 6.07) is 29.1. The summed E-state index contributed by atoms with van der Waals surface area (Å²) in [6.07, 6.45) is 8.40. The van der Waals surface area contributed by atoms with E-state index in [-0.39, 0.29) is 9.79 Å². The standard InChI is InChI=1S/C21H21ClN4O2S2.C21H19ClN4O2S2/c2*22-16-1-6-20-15(13-16)7-11-26(20)18-8-10-25(14-18)17-2-4-19(5-3-17)30(27,28)24-21-23-9-12-29-21/h1-6,9,12-13,18H,7-8,10-11,14H2,(H,23,24);1-7,9,11-13,18H,8,10,14H2,(H,23,24)/t2*18-/m00/s1. The SMILES string of the molecule is O=S(=O)(Nc1nccs1)c1ccc(N2CC[C@H](N3CCc4cc(Cl)ccc43)C2)cc1.O=S(=O)(Nc1nccs1)c1ccc(N2CC[C@H](n3ccc4cc(Cl)ccc43)C2)cc1. The number of sulfonamides is 2. The first kappa shape index (κ1) is 40.6. The molecule has 0 radical (unpaired) electrons. The van der Waals surface area contributed by atoms with Gasteiger partial charge in [0, 0.05) is 106 Å². The smallest absolute Gasteiger partial charge is 0.263 e. The monoisotopic (exact) mass is 918 g/mol. The predicted octanol–water partition coefficient (Wildman–Crippen LogP) is 9.24. The van der Waals surface area contributed by atoms with Gasteiger partial charge in [-0.25, -0.2) is 26.8 Å². The minimum Gasteiger partial charge on any atom is -0.369 e. The van der Waals surface area contributed by atoms with Crippen LogP contribution in [0.25, 0.3) is 10.9 Å². The van der Waals surface area contributed by atoms with E-state index in [4.69, 9.17) is 23.2 Å². The molecule has 0 bridgehead atoms. The summed E-state index contributed by atoms with van der Waals surface area (Å²) in [5, 5.41) is 6.88. The molecule has 7 aromatic rings. The fourth-order valence-corrected chi connectivity index (χ4v) is 12.2. The first-order valence-corrected chi connectivity index (χ1v) is 24.8. The molecule has 0 spiro atoms. The fraction of sp³-hybridized carbons (Fsp3) is 0.238. The summed E-state index contributed by atoms with van der Waals surface area (Å²) in [4.78, 5) is 15.5. The van der Waals surface area contributed by atoms with Crippen molar-refractivity contribution in [3.8, 4) is 0 Å². The topological polar surface area (TPSA) is 133 Å². The summed E-state index contributed by atoms with van der Waals surface area (Å²) < 4.78 is 57.4. The van der Waals surface area contributed by atoms with Crippen LogP contribution in [0.1, 0.15) is 24.4 Å². The van der Waals surface area contributed by atoms with Crippen LogP contribution >= 0.6 is 45.9 Å². The Morgan fingerprint density at radius 1 is 0.633 bits per heavy atom. The van der Waals surface area contributed by atoms with E-state index in [0.717, 1.165) is 78.8 Å². The highest BCUT2D eigenvalue weighted by Crippen LogP contribution is 2.36. The summed E-state index contributed by atoms with van der Waals surface area (Å²) in [6.45, 7) is 4.68. The minimum atomic E-state index is -3.63. The average Bonchev–Trinajstić information content (AvgIpc) is 4.10. The second-order valence-corrected chi connectivity index (χ2v) is 20.8. The van der Waals surface area contributed by atoms with E-state index < -0.39 is 20.0 Å². The molecule has 310 valence electrons. The molecule has 3 aromatic heterocycles. The molecule has 4 aromatic carbocycles.